The Morgan fingerprint density at radius 2 is 2.00 bits per heavy atom. The first kappa shape index (κ1) is 17.9. The molecule has 27 heavy (non-hydrogen) atoms. The first-order valence-corrected chi connectivity index (χ1v) is 9.71. The van der Waals surface area contributed by atoms with Crippen LogP contribution in [-0.4, -0.2) is 24.2 Å². The molecule has 0 aliphatic rings. The van der Waals surface area contributed by atoms with E-state index < -0.39 is 0 Å². The van der Waals surface area contributed by atoms with E-state index in [2.05, 4.69) is 29.3 Å². The van der Waals surface area contributed by atoms with Gasteiger partial charge in [-0.2, -0.15) is 4.99 Å². The minimum absolute atomic E-state index is 0.306. The van der Waals surface area contributed by atoms with Crippen molar-refractivity contribution in [1.82, 2.24) is 4.57 Å². The summed E-state index contributed by atoms with van der Waals surface area (Å²) in [7, 11) is 1.67. The van der Waals surface area contributed by atoms with Crippen LogP contribution in [0.5, 0.6) is 0 Å². The van der Waals surface area contributed by atoms with Gasteiger partial charge in [0.2, 0.25) is 0 Å². The fraction of sp³-hybridized carbons (Fsp3) is 0.143. The first-order valence-electron chi connectivity index (χ1n) is 8.52. The van der Waals surface area contributed by atoms with E-state index in [1.54, 1.807) is 31.4 Å². The van der Waals surface area contributed by atoms with Gasteiger partial charge < -0.3 is 9.30 Å². The monoisotopic (exact) mass is 396 g/mol. The molecule has 4 nitrogen and oxygen atoms in total. The summed E-state index contributed by atoms with van der Waals surface area (Å²) in [6.07, 6.45) is 0. The Morgan fingerprint density at radius 1 is 1.15 bits per heavy atom. The van der Waals surface area contributed by atoms with E-state index in [9.17, 15) is 4.79 Å². The van der Waals surface area contributed by atoms with Gasteiger partial charge in [0.15, 0.2) is 4.80 Å². The highest BCUT2D eigenvalue weighted by Gasteiger charge is 2.11. The molecule has 1 aromatic heterocycles. The van der Waals surface area contributed by atoms with Gasteiger partial charge in [-0.1, -0.05) is 59.3 Å². The number of benzene rings is 3. The van der Waals surface area contributed by atoms with Gasteiger partial charge in [-0.3, -0.25) is 4.79 Å². The molecule has 0 N–H and O–H groups in total. The minimum atomic E-state index is -0.306. The molecule has 0 unspecified atom stereocenters. The number of nitrogens with zero attached hydrogens (tertiary/aromatic N) is 2. The van der Waals surface area contributed by atoms with Crippen LogP contribution in [0.1, 0.15) is 10.4 Å². The zero-order chi connectivity index (χ0) is 18.8. The lowest BCUT2D eigenvalue weighted by atomic mass is 10.1. The standard InChI is InChI=1S/C21H17ClN2O2S/c1-26-12-11-24-18-10-9-14-5-2-3-8-17(14)19(18)27-21(24)23-20(25)15-6-4-7-16(22)13-15/h2-10,13H,11-12H2,1H3. The molecule has 0 spiro atoms. The van der Waals surface area contributed by atoms with Crippen molar-refractivity contribution in [2.75, 3.05) is 13.7 Å². The number of hydrogen-bond donors (Lipinski definition) is 0. The Labute approximate surface area is 165 Å². The topological polar surface area (TPSA) is 43.6 Å². The zero-order valence-corrected chi connectivity index (χ0v) is 16.3. The van der Waals surface area contributed by atoms with E-state index in [1.807, 2.05) is 16.7 Å². The third-order valence-corrected chi connectivity index (χ3v) is 5.72. The fourth-order valence-corrected chi connectivity index (χ4v) is 4.44. The van der Waals surface area contributed by atoms with Gasteiger partial charge >= 0.3 is 0 Å². The molecular weight excluding hydrogens is 380 g/mol. The van der Waals surface area contributed by atoms with Crippen molar-refractivity contribution in [3.8, 4) is 0 Å². The van der Waals surface area contributed by atoms with E-state index in [-0.39, 0.29) is 5.91 Å². The predicted molar refractivity (Wildman–Crippen MR) is 111 cm³/mol. The Kier molecular flexibility index (Phi) is 5.07. The number of carbonyl (C=O) groups is 1. The van der Waals surface area contributed by atoms with Gasteiger partial charge in [0.25, 0.3) is 5.91 Å². The Hall–Kier alpha value is -2.47. The SMILES string of the molecule is COCCn1c(=NC(=O)c2cccc(Cl)c2)sc2c3ccccc3ccc21. The second-order valence-electron chi connectivity index (χ2n) is 6.09. The molecule has 1 amide bonds. The van der Waals surface area contributed by atoms with Gasteiger partial charge in [0.1, 0.15) is 0 Å². The van der Waals surface area contributed by atoms with Crippen molar-refractivity contribution in [2.45, 2.75) is 6.54 Å². The van der Waals surface area contributed by atoms with E-state index in [0.717, 1.165) is 21.0 Å². The second-order valence-corrected chi connectivity index (χ2v) is 7.51. The van der Waals surface area contributed by atoms with Crippen LogP contribution in [-0.2, 0) is 11.3 Å². The Bertz CT molecular complexity index is 1210. The van der Waals surface area contributed by atoms with Gasteiger partial charge in [-0.05, 0) is 29.7 Å². The predicted octanol–water partition coefficient (Wildman–Crippen LogP) is 4.90. The van der Waals surface area contributed by atoms with Gasteiger partial charge in [0.05, 0.1) is 16.8 Å². The molecule has 0 saturated carbocycles. The largest absolute Gasteiger partial charge is 0.383 e. The van der Waals surface area contributed by atoms with Crippen LogP contribution in [0.4, 0.5) is 0 Å². The van der Waals surface area contributed by atoms with Crippen molar-refractivity contribution in [3.63, 3.8) is 0 Å². The number of methoxy groups -OCH3 is 1. The molecule has 0 fully saturated rings. The lowest BCUT2D eigenvalue weighted by Crippen LogP contribution is -2.19. The number of fused-ring (bicyclic) bond motifs is 3. The summed E-state index contributed by atoms with van der Waals surface area (Å²) >= 11 is 7.53. The Morgan fingerprint density at radius 3 is 2.81 bits per heavy atom. The van der Waals surface area contributed by atoms with Crippen molar-refractivity contribution in [2.24, 2.45) is 4.99 Å². The molecule has 4 aromatic rings. The van der Waals surface area contributed by atoms with Crippen LogP contribution in [0.25, 0.3) is 21.0 Å². The van der Waals surface area contributed by atoms with E-state index in [4.69, 9.17) is 16.3 Å². The fourth-order valence-electron chi connectivity index (χ4n) is 3.06. The molecule has 0 aliphatic carbocycles. The average Bonchev–Trinajstić information content (AvgIpc) is 3.03. The highest BCUT2D eigenvalue weighted by Crippen LogP contribution is 2.27. The van der Waals surface area contributed by atoms with Crippen LogP contribution in [0.15, 0.2) is 65.7 Å². The number of hydrogen-bond acceptors (Lipinski definition) is 3. The number of thiazole rings is 1. The lowest BCUT2D eigenvalue weighted by molar-refractivity contribution is 0.0997. The van der Waals surface area contributed by atoms with Crippen LogP contribution in [0.2, 0.25) is 5.02 Å². The molecule has 0 bridgehead atoms. The average molecular weight is 397 g/mol. The molecule has 6 heteroatoms. The van der Waals surface area contributed by atoms with Gasteiger partial charge in [-0.25, -0.2) is 0 Å². The highest BCUT2D eigenvalue weighted by atomic mass is 35.5. The highest BCUT2D eigenvalue weighted by molar-refractivity contribution is 7.17. The third kappa shape index (κ3) is 3.54. The van der Waals surface area contributed by atoms with Gasteiger partial charge in [-0.15, -0.1) is 0 Å². The quantitative estimate of drug-likeness (QED) is 0.492. The summed E-state index contributed by atoms with van der Waals surface area (Å²) in [5.41, 5.74) is 1.52. The van der Waals surface area contributed by atoms with Crippen molar-refractivity contribution >= 4 is 49.8 Å². The molecule has 4 rings (SSSR count). The minimum Gasteiger partial charge on any atom is -0.383 e. The lowest BCUT2D eigenvalue weighted by Gasteiger charge is -2.05. The first-order chi connectivity index (χ1) is 13.2. The maximum atomic E-state index is 12.7. The number of amides is 1. The van der Waals surface area contributed by atoms with Crippen LogP contribution < -0.4 is 4.80 Å². The molecule has 1 heterocycles. The number of rotatable bonds is 4. The molecular formula is C21H17ClN2O2S. The van der Waals surface area contributed by atoms with Crippen molar-refractivity contribution in [3.05, 3.63) is 76.1 Å². The third-order valence-electron chi connectivity index (χ3n) is 4.36. The molecule has 0 atom stereocenters. The maximum absolute atomic E-state index is 12.7. The summed E-state index contributed by atoms with van der Waals surface area (Å²) in [6, 6.07) is 19.2. The summed E-state index contributed by atoms with van der Waals surface area (Å²) < 4.78 is 8.40. The second kappa shape index (κ2) is 7.64. The smallest absolute Gasteiger partial charge is 0.279 e. The molecule has 0 aliphatic heterocycles. The van der Waals surface area contributed by atoms with Crippen LogP contribution >= 0.6 is 22.9 Å². The zero-order valence-electron chi connectivity index (χ0n) is 14.7. The molecule has 136 valence electrons. The van der Waals surface area contributed by atoms with Crippen LogP contribution in [0.3, 0.4) is 0 Å². The summed E-state index contributed by atoms with van der Waals surface area (Å²) in [4.78, 5) is 17.7. The Balaban J connectivity index is 1.92. The number of halogens is 1. The number of aromatic nitrogens is 1. The normalized spacial score (nSPS) is 12.1. The maximum Gasteiger partial charge on any atom is 0.279 e. The van der Waals surface area contributed by atoms with E-state index in [1.165, 1.54) is 11.3 Å². The summed E-state index contributed by atoms with van der Waals surface area (Å²) in [5, 5.41) is 2.84. The van der Waals surface area contributed by atoms with Crippen molar-refractivity contribution < 1.29 is 9.53 Å². The number of ether oxygens (including phenoxy) is 1. The van der Waals surface area contributed by atoms with E-state index in [0.29, 0.717) is 28.5 Å². The van der Waals surface area contributed by atoms with Gasteiger partial charge in [0, 0.05) is 29.6 Å². The molecule has 0 saturated heterocycles. The van der Waals surface area contributed by atoms with Crippen molar-refractivity contribution in [1.29, 1.82) is 0 Å². The summed E-state index contributed by atoms with van der Waals surface area (Å²) in [6.45, 7) is 1.16. The van der Waals surface area contributed by atoms with Crippen LogP contribution in [0, 0.1) is 0 Å². The molecule has 0 radical (unpaired) electrons. The van der Waals surface area contributed by atoms with E-state index >= 15 is 0 Å². The summed E-state index contributed by atoms with van der Waals surface area (Å²) in [5.74, 6) is -0.306. The number of carbonyl (C=O) groups excluding carboxylic acids is 1. The molecule has 3 aromatic carbocycles.